The number of nitrogens with one attached hydrogen (secondary N) is 3. The monoisotopic (exact) mass is 632 g/mol. The number of aryl methyl sites for hydroxylation is 1. The zero-order valence-corrected chi connectivity index (χ0v) is 22.9. The number of hydrazone groups is 1. The Morgan fingerprint density at radius 2 is 1.58 bits per heavy atom. The number of halogens is 2. The molecule has 0 aliphatic rings. The number of amides is 3. The van der Waals surface area contributed by atoms with E-state index in [2.05, 4.69) is 28.1 Å². The molecule has 38 heavy (non-hydrogen) atoms. The van der Waals surface area contributed by atoms with Crippen molar-refractivity contribution in [2.24, 2.45) is 5.10 Å². The van der Waals surface area contributed by atoms with Crippen LogP contribution in [0, 0.1) is 9.39 Å². The molecule has 0 heterocycles. The number of nitrogens with zero attached hydrogens (tertiary/aromatic N) is 1. The van der Waals surface area contributed by atoms with Crippen molar-refractivity contribution in [3.05, 3.63) is 81.2 Å². The van der Waals surface area contributed by atoms with Crippen molar-refractivity contribution < 1.29 is 28.2 Å². The molecule has 0 radical (unpaired) electrons. The Bertz CT molecular complexity index is 1310. The summed E-state index contributed by atoms with van der Waals surface area (Å²) in [6.07, 6.45) is 2.25. The first-order chi connectivity index (χ1) is 18.3. The minimum Gasteiger partial charge on any atom is -0.490 e. The predicted molar refractivity (Wildman–Crippen MR) is 151 cm³/mol. The lowest BCUT2D eigenvalue weighted by Gasteiger charge is -2.14. The maximum Gasteiger partial charge on any atom is 0.329 e. The maximum absolute atomic E-state index is 13.0. The average molecular weight is 632 g/mol. The van der Waals surface area contributed by atoms with E-state index in [0.717, 1.165) is 18.6 Å². The van der Waals surface area contributed by atoms with Gasteiger partial charge < -0.3 is 20.1 Å². The molecule has 0 aliphatic heterocycles. The van der Waals surface area contributed by atoms with Crippen LogP contribution in [0.1, 0.15) is 25.0 Å². The van der Waals surface area contributed by atoms with Crippen LogP contribution >= 0.6 is 22.6 Å². The van der Waals surface area contributed by atoms with Crippen LogP contribution in [0.5, 0.6) is 11.5 Å². The molecular weight excluding hydrogens is 606 g/mol. The Morgan fingerprint density at radius 1 is 0.921 bits per heavy atom. The van der Waals surface area contributed by atoms with Gasteiger partial charge >= 0.3 is 11.8 Å². The highest BCUT2D eigenvalue weighted by Crippen LogP contribution is 2.34. The number of carbonyl (C=O) groups is 3. The van der Waals surface area contributed by atoms with Gasteiger partial charge in [-0.1, -0.05) is 19.1 Å². The van der Waals surface area contributed by atoms with Gasteiger partial charge in [-0.2, -0.15) is 5.10 Å². The van der Waals surface area contributed by atoms with Crippen molar-refractivity contribution in [2.75, 3.05) is 23.8 Å². The average Bonchev–Trinajstić information content (AvgIpc) is 2.90. The van der Waals surface area contributed by atoms with Crippen LogP contribution in [-0.4, -0.2) is 37.1 Å². The van der Waals surface area contributed by atoms with Crippen molar-refractivity contribution in [3.8, 4) is 11.5 Å². The quantitative estimate of drug-likeness (QED) is 0.132. The highest BCUT2D eigenvalue weighted by molar-refractivity contribution is 14.1. The van der Waals surface area contributed by atoms with E-state index in [9.17, 15) is 18.8 Å². The van der Waals surface area contributed by atoms with Crippen LogP contribution in [0.3, 0.4) is 0 Å². The molecule has 0 unspecified atom stereocenters. The summed E-state index contributed by atoms with van der Waals surface area (Å²) in [6.45, 7) is 3.99. The Morgan fingerprint density at radius 3 is 2.24 bits per heavy atom. The maximum atomic E-state index is 13.0. The summed E-state index contributed by atoms with van der Waals surface area (Å²) in [4.78, 5) is 36.4. The number of hydrogen-bond acceptors (Lipinski definition) is 6. The van der Waals surface area contributed by atoms with E-state index in [0.29, 0.717) is 32.9 Å². The van der Waals surface area contributed by atoms with Gasteiger partial charge in [0, 0.05) is 11.4 Å². The molecule has 0 aliphatic carbocycles. The van der Waals surface area contributed by atoms with Crippen molar-refractivity contribution in [1.82, 2.24) is 5.43 Å². The van der Waals surface area contributed by atoms with Gasteiger partial charge in [-0.15, -0.1) is 0 Å². The summed E-state index contributed by atoms with van der Waals surface area (Å²) < 4.78 is 25.1. The lowest BCUT2D eigenvalue weighted by molar-refractivity contribution is -0.136. The Hall–Kier alpha value is -4.00. The SMILES string of the molecule is CCOc1cc(/C=N\NC(=O)C(=O)Nc2ccc(F)cc2)cc(I)c1OCC(=O)Nc1ccc(CC)cc1. The van der Waals surface area contributed by atoms with Gasteiger partial charge in [0.25, 0.3) is 5.91 Å². The van der Waals surface area contributed by atoms with E-state index >= 15 is 0 Å². The van der Waals surface area contributed by atoms with E-state index in [1.54, 1.807) is 12.1 Å². The van der Waals surface area contributed by atoms with Gasteiger partial charge in [-0.3, -0.25) is 14.4 Å². The molecular formula is C27H26FIN4O5. The molecule has 198 valence electrons. The third kappa shape index (κ3) is 8.54. The molecule has 0 atom stereocenters. The van der Waals surface area contributed by atoms with Gasteiger partial charge in [-0.05, 0) is 95.6 Å². The largest absolute Gasteiger partial charge is 0.490 e. The zero-order valence-electron chi connectivity index (χ0n) is 20.7. The van der Waals surface area contributed by atoms with Gasteiger partial charge in [0.15, 0.2) is 18.1 Å². The second-order valence-corrected chi connectivity index (χ2v) is 8.97. The van der Waals surface area contributed by atoms with Crippen LogP contribution < -0.4 is 25.5 Å². The van der Waals surface area contributed by atoms with E-state index in [1.165, 1.54) is 23.9 Å². The van der Waals surface area contributed by atoms with E-state index in [1.807, 2.05) is 53.8 Å². The predicted octanol–water partition coefficient (Wildman–Crippen LogP) is 4.50. The molecule has 0 spiro atoms. The highest BCUT2D eigenvalue weighted by Gasteiger charge is 2.15. The normalized spacial score (nSPS) is 10.6. The first-order valence-corrected chi connectivity index (χ1v) is 12.7. The third-order valence-electron chi connectivity index (χ3n) is 5.01. The van der Waals surface area contributed by atoms with E-state index < -0.39 is 17.6 Å². The molecule has 0 saturated heterocycles. The number of anilines is 2. The summed E-state index contributed by atoms with van der Waals surface area (Å²) in [5.41, 5.74) is 4.81. The third-order valence-corrected chi connectivity index (χ3v) is 5.81. The van der Waals surface area contributed by atoms with E-state index in [4.69, 9.17) is 9.47 Å². The molecule has 3 aromatic rings. The first-order valence-electron chi connectivity index (χ1n) is 11.7. The van der Waals surface area contributed by atoms with Crippen molar-refractivity contribution in [2.45, 2.75) is 20.3 Å². The molecule has 11 heteroatoms. The fourth-order valence-electron chi connectivity index (χ4n) is 3.16. The molecule has 3 amide bonds. The molecule has 0 aromatic heterocycles. The summed E-state index contributed by atoms with van der Waals surface area (Å²) in [5.74, 6) is -1.96. The van der Waals surface area contributed by atoms with Gasteiger partial charge in [-0.25, -0.2) is 9.82 Å². The fraction of sp³-hybridized carbons (Fsp3) is 0.185. The summed E-state index contributed by atoms with van der Waals surface area (Å²) in [5, 5.41) is 8.95. The first kappa shape index (κ1) is 28.6. The second kappa shape index (κ2) is 14.1. The van der Waals surface area contributed by atoms with Crippen molar-refractivity contribution >= 4 is 57.9 Å². The minimum absolute atomic E-state index is 0.224. The lowest BCUT2D eigenvalue weighted by Crippen LogP contribution is -2.32. The summed E-state index contributed by atoms with van der Waals surface area (Å²) in [7, 11) is 0. The van der Waals surface area contributed by atoms with E-state index in [-0.39, 0.29) is 18.2 Å². The number of benzene rings is 3. The molecule has 3 rings (SSSR count). The Kier molecular flexibility index (Phi) is 10.6. The highest BCUT2D eigenvalue weighted by atomic mass is 127. The van der Waals surface area contributed by atoms with Gasteiger partial charge in [0.05, 0.1) is 16.4 Å². The number of ether oxygens (including phenoxy) is 2. The minimum atomic E-state index is -0.999. The lowest BCUT2D eigenvalue weighted by atomic mass is 10.1. The van der Waals surface area contributed by atoms with Crippen LogP contribution in [0.4, 0.5) is 15.8 Å². The molecule has 0 saturated carbocycles. The number of rotatable bonds is 10. The topological polar surface area (TPSA) is 118 Å². The van der Waals surface area contributed by atoms with Crippen molar-refractivity contribution in [1.29, 1.82) is 0 Å². The van der Waals surface area contributed by atoms with Gasteiger partial charge in [0.2, 0.25) is 0 Å². The molecule has 3 aromatic carbocycles. The Balaban J connectivity index is 1.59. The zero-order chi connectivity index (χ0) is 27.5. The second-order valence-electron chi connectivity index (χ2n) is 7.81. The van der Waals surface area contributed by atoms with Crippen LogP contribution in [0.15, 0.2) is 65.8 Å². The summed E-state index contributed by atoms with van der Waals surface area (Å²) >= 11 is 2.04. The Labute approximate surface area is 232 Å². The fourth-order valence-corrected chi connectivity index (χ4v) is 3.94. The molecule has 0 fully saturated rings. The standard InChI is InChI=1S/C27H26FIN4O5/c1-3-17-5-9-20(10-6-17)31-24(34)16-38-25-22(29)13-18(14-23(25)37-4-2)15-30-33-27(36)26(35)32-21-11-7-19(28)8-12-21/h5-15H,3-4,16H2,1-2H3,(H,31,34)(H,32,35)(H,33,36)/b30-15-. The number of carbonyl (C=O) groups excluding carboxylic acids is 3. The van der Waals surface area contributed by atoms with Crippen LogP contribution in [0.2, 0.25) is 0 Å². The molecule has 3 N–H and O–H groups in total. The number of hydrogen-bond donors (Lipinski definition) is 3. The van der Waals surface area contributed by atoms with Crippen molar-refractivity contribution in [3.63, 3.8) is 0 Å². The smallest absolute Gasteiger partial charge is 0.329 e. The van der Waals surface area contributed by atoms with Gasteiger partial charge in [0.1, 0.15) is 5.82 Å². The molecule has 0 bridgehead atoms. The van der Waals surface area contributed by atoms with Crippen LogP contribution in [0.25, 0.3) is 0 Å². The molecule has 9 nitrogen and oxygen atoms in total. The summed E-state index contributed by atoms with van der Waals surface area (Å²) in [6, 6.07) is 15.9. The van der Waals surface area contributed by atoms with Crippen LogP contribution in [-0.2, 0) is 20.8 Å².